The molecular weight excluding hydrogens is 230 g/mol. The van der Waals surface area contributed by atoms with Gasteiger partial charge in [0.15, 0.2) is 0 Å². The van der Waals surface area contributed by atoms with Crippen LogP contribution in [0.25, 0.3) is 11.3 Å². The van der Waals surface area contributed by atoms with Gasteiger partial charge in [0, 0.05) is 21.5 Å². The molecule has 3 nitrogen and oxygen atoms in total. The van der Waals surface area contributed by atoms with Crippen molar-refractivity contribution in [2.24, 2.45) is 0 Å². The molecule has 1 heterocycles. The van der Waals surface area contributed by atoms with Gasteiger partial charge in [0.1, 0.15) is 5.82 Å². The number of aromatic nitrogens is 2. The van der Waals surface area contributed by atoms with Crippen LogP contribution in [-0.4, -0.2) is 16.5 Å². The summed E-state index contributed by atoms with van der Waals surface area (Å²) in [6.07, 6.45) is 2.01. The summed E-state index contributed by atoms with van der Waals surface area (Å²) in [5.74, 6) is 0.482. The molecule has 0 atom stereocenters. The van der Waals surface area contributed by atoms with E-state index in [0.29, 0.717) is 10.8 Å². The summed E-state index contributed by atoms with van der Waals surface area (Å²) in [5, 5.41) is 7.45. The minimum atomic E-state index is 0.482. The molecule has 3 N–H and O–H groups in total. The van der Waals surface area contributed by atoms with E-state index in [-0.39, 0.29) is 0 Å². The largest absolute Gasteiger partial charge is 0.382 e. The fraction of sp³-hybridized carbons (Fsp3) is 0.100. The molecule has 0 saturated carbocycles. The van der Waals surface area contributed by atoms with Gasteiger partial charge in [-0.05, 0) is 24.5 Å². The Bertz CT molecular complexity index is 481. The van der Waals surface area contributed by atoms with Crippen LogP contribution in [0.2, 0.25) is 5.02 Å². The van der Waals surface area contributed by atoms with Crippen LogP contribution in [0.1, 0.15) is 0 Å². The van der Waals surface area contributed by atoms with Crippen molar-refractivity contribution in [3.63, 3.8) is 0 Å². The molecule has 0 aliphatic rings. The van der Waals surface area contributed by atoms with Gasteiger partial charge in [0.05, 0.1) is 5.69 Å². The maximum Gasteiger partial charge on any atom is 0.145 e. The predicted octanol–water partition coefficient (Wildman–Crippen LogP) is 3.03. The molecule has 0 unspecified atom stereocenters. The third-order valence-corrected chi connectivity index (χ3v) is 2.94. The molecule has 0 saturated heterocycles. The molecule has 2 rings (SSSR count). The number of hydrogen-bond donors (Lipinski definition) is 2. The van der Waals surface area contributed by atoms with E-state index in [0.717, 1.165) is 16.2 Å². The van der Waals surface area contributed by atoms with Crippen molar-refractivity contribution in [3.05, 3.63) is 29.3 Å². The predicted molar refractivity (Wildman–Crippen MR) is 65.2 cm³/mol. The highest BCUT2D eigenvalue weighted by atomic mass is 35.5. The summed E-state index contributed by atoms with van der Waals surface area (Å²) in [7, 11) is 0. The van der Waals surface area contributed by atoms with Crippen LogP contribution >= 0.6 is 23.4 Å². The van der Waals surface area contributed by atoms with E-state index < -0.39 is 0 Å². The Balaban J connectivity index is 2.48. The molecule has 0 aliphatic carbocycles. The number of nitrogens with one attached hydrogen (secondary N) is 1. The van der Waals surface area contributed by atoms with Gasteiger partial charge in [-0.1, -0.05) is 11.6 Å². The molecule has 1 aromatic heterocycles. The number of hydrogen-bond acceptors (Lipinski definition) is 3. The van der Waals surface area contributed by atoms with Crippen LogP contribution in [0.4, 0.5) is 5.82 Å². The molecule has 0 bridgehead atoms. The van der Waals surface area contributed by atoms with E-state index in [2.05, 4.69) is 10.2 Å². The van der Waals surface area contributed by atoms with Crippen molar-refractivity contribution in [1.82, 2.24) is 10.2 Å². The highest BCUT2D eigenvalue weighted by molar-refractivity contribution is 7.98. The summed E-state index contributed by atoms with van der Waals surface area (Å²) in [4.78, 5) is 1.12. The van der Waals surface area contributed by atoms with Crippen LogP contribution in [-0.2, 0) is 0 Å². The van der Waals surface area contributed by atoms with E-state index in [4.69, 9.17) is 17.3 Å². The number of thioether (sulfide) groups is 1. The van der Waals surface area contributed by atoms with Gasteiger partial charge in [0.25, 0.3) is 0 Å². The molecule has 2 aromatic rings. The molecule has 1 aromatic carbocycles. The normalized spacial score (nSPS) is 10.5. The SMILES string of the molecule is CSc1cc(Cl)cc(-c2cc(N)n[nH]2)c1. The summed E-state index contributed by atoms with van der Waals surface area (Å²) in [5.41, 5.74) is 7.42. The van der Waals surface area contributed by atoms with Crippen molar-refractivity contribution in [1.29, 1.82) is 0 Å². The first-order valence-corrected chi connectivity index (χ1v) is 5.95. The number of nitrogens with two attached hydrogens (primary N) is 1. The average Bonchev–Trinajstić information content (AvgIpc) is 2.64. The summed E-state index contributed by atoms with van der Waals surface area (Å²) >= 11 is 7.66. The monoisotopic (exact) mass is 239 g/mol. The van der Waals surface area contributed by atoms with E-state index in [9.17, 15) is 0 Å². The molecule has 0 spiro atoms. The zero-order chi connectivity index (χ0) is 10.8. The van der Waals surface area contributed by atoms with Crippen LogP contribution < -0.4 is 5.73 Å². The number of H-pyrrole nitrogens is 1. The lowest BCUT2D eigenvalue weighted by Crippen LogP contribution is -1.81. The third kappa shape index (κ3) is 2.27. The lowest BCUT2D eigenvalue weighted by molar-refractivity contribution is 1.10. The number of rotatable bonds is 2. The number of anilines is 1. The third-order valence-electron chi connectivity index (χ3n) is 2.02. The van der Waals surface area contributed by atoms with E-state index in [1.807, 2.05) is 24.5 Å². The molecular formula is C10H10ClN3S. The lowest BCUT2D eigenvalue weighted by atomic mass is 10.1. The summed E-state index contributed by atoms with van der Waals surface area (Å²) in [6, 6.07) is 7.64. The maximum absolute atomic E-state index is 6.01. The minimum Gasteiger partial charge on any atom is -0.382 e. The van der Waals surface area contributed by atoms with Crippen molar-refractivity contribution in [2.75, 3.05) is 12.0 Å². The van der Waals surface area contributed by atoms with Crippen molar-refractivity contribution in [3.8, 4) is 11.3 Å². The standard InChI is InChI=1S/C10H10ClN3S/c1-15-8-3-6(2-7(11)4-8)9-5-10(12)14-13-9/h2-5H,1H3,(H3,12,13,14). The zero-order valence-corrected chi connectivity index (χ0v) is 9.69. The van der Waals surface area contributed by atoms with Gasteiger partial charge in [-0.2, -0.15) is 5.10 Å². The Kier molecular flexibility index (Phi) is 2.88. The number of benzene rings is 1. The number of aromatic amines is 1. The highest BCUT2D eigenvalue weighted by Crippen LogP contribution is 2.28. The first-order valence-electron chi connectivity index (χ1n) is 4.35. The smallest absolute Gasteiger partial charge is 0.145 e. The van der Waals surface area contributed by atoms with Gasteiger partial charge >= 0.3 is 0 Å². The Labute approximate surface area is 97.0 Å². The summed E-state index contributed by atoms with van der Waals surface area (Å²) < 4.78 is 0. The number of nitrogens with zero attached hydrogens (tertiary/aromatic N) is 1. The topological polar surface area (TPSA) is 54.7 Å². The van der Waals surface area contributed by atoms with Crippen molar-refractivity contribution < 1.29 is 0 Å². The molecule has 0 radical (unpaired) electrons. The Hall–Kier alpha value is -1.13. The number of halogens is 1. The minimum absolute atomic E-state index is 0.482. The maximum atomic E-state index is 6.01. The van der Waals surface area contributed by atoms with Gasteiger partial charge in [-0.3, -0.25) is 5.10 Å². The second-order valence-corrected chi connectivity index (χ2v) is 4.40. The highest BCUT2D eigenvalue weighted by Gasteiger charge is 2.04. The van der Waals surface area contributed by atoms with Gasteiger partial charge in [-0.15, -0.1) is 11.8 Å². The lowest BCUT2D eigenvalue weighted by Gasteiger charge is -2.02. The van der Waals surface area contributed by atoms with E-state index in [1.54, 1.807) is 17.8 Å². The molecule has 0 fully saturated rings. The van der Waals surface area contributed by atoms with Gasteiger partial charge in [0.2, 0.25) is 0 Å². The fourth-order valence-electron chi connectivity index (χ4n) is 1.32. The van der Waals surface area contributed by atoms with Gasteiger partial charge in [-0.25, -0.2) is 0 Å². The van der Waals surface area contributed by atoms with Crippen LogP contribution in [0, 0.1) is 0 Å². The second kappa shape index (κ2) is 4.16. The molecule has 5 heteroatoms. The van der Waals surface area contributed by atoms with Crippen LogP contribution in [0.15, 0.2) is 29.2 Å². The van der Waals surface area contributed by atoms with Crippen molar-refractivity contribution >= 4 is 29.2 Å². The molecule has 0 amide bonds. The fourth-order valence-corrected chi connectivity index (χ4v) is 2.11. The van der Waals surface area contributed by atoms with E-state index in [1.165, 1.54) is 0 Å². The van der Waals surface area contributed by atoms with E-state index >= 15 is 0 Å². The first-order chi connectivity index (χ1) is 7.19. The molecule has 15 heavy (non-hydrogen) atoms. The Morgan fingerprint density at radius 3 is 2.73 bits per heavy atom. The molecule has 78 valence electrons. The van der Waals surface area contributed by atoms with Crippen LogP contribution in [0.3, 0.4) is 0 Å². The van der Waals surface area contributed by atoms with Gasteiger partial charge < -0.3 is 5.73 Å². The second-order valence-electron chi connectivity index (χ2n) is 3.09. The zero-order valence-electron chi connectivity index (χ0n) is 8.12. The summed E-state index contributed by atoms with van der Waals surface area (Å²) in [6.45, 7) is 0. The average molecular weight is 240 g/mol. The van der Waals surface area contributed by atoms with Crippen LogP contribution in [0.5, 0.6) is 0 Å². The Morgan fingerprint density at radius 2 is 2.13 bits per heavy atom. The first kappa shape index (κ1) is 10.4. The Morgan fingerprint density at radius 1 is 1.33 bits per heavy atom. The number of nitrogen functional groups attached to an aromatic ring is 1. The molecule has 0 aliphatic heterocycles. The quantitative estimate of drug-likeness (QED) is 0.792. The van der Waals surface area contributed by atoms with Crippen molar-refractivity contribution in [2.45, 2.75) is 4.90 Å².